The van der Waals surface area contributed by atoms with E-state index in [1.807, 2.05) is 6.07 Å². The van der Waals surface area contributed by atoms with Crippen molar-refractivity contribution < 1.29 is 4.21 Å². The van der Waals surface area contributed by atoms with Gasteiger partial charge in [-0.15, -0.1) is 0 Å². The first-order valence-electron chi connectivity index (χ1n) is 4.74. The van der Waals surface area contributed by atoms with E-state index >= 15 is 0 Å². The summed E-state index contributed by atoms with van der Waals surface area (Å²) in [4.78, 5) is 4.90. The maximum atomic E-state index is 12.2. The molecule has 0 amide bonds. The molecule has 2 aromatic rings. The lowest BCUT2D eigenvalue weighted by Crippen LogP contribution is -1.96. The molecule has 3 nitrogen and oxygen atoms in total. The predicted octanol–water partition coefficient (Wildman–Crippen LogP) is 2.77. The topological polar surface area (TPSA) is 53.8 Å². The molecule has 0 unspecified atom stereocenters. The second-order valence-corrected chi connectivity index (χ2v) is 5.09. The molecule has 0 bridgehead atoms. The highest BCUT2D eigenvalue weighted by atomic mass is 35.5. The standard InChI is InChI=1S/C12H7ClN2OS/c13-10-1-3-11(4-2-10)17(16)12-8-15-6-5-9(12)7-14/h1-6,8H/t17-/m1/s1. The summed E-state index contributed by atoms with van der Waals surface area (Å²) in [5.74, 6) is 0. The van der Waals surface area contributed by atoms with Crippen molar-refractivity contribution in [1.29, 1.82) is 5.26 Å². The van der Waals surface area contributed by atoms with Crippen molar-refractivity contribution in [2.24, 2.45) is 0 Å². The van der Waals surface area contributed by atoms with Gasteiger partial charge in [0.05, 0.1) is 21.3 Å². The SMILES string of the molecule is N#Cc1ccncc1[S@](=O)c1ccc(Cl)cc1. The molecule has 0 saturated carbocycles. The first-order valence-corrected chi connectivity index (χ1v) is 6.26. The summed E-state index contributed by atoms with van der Waals surface area (Å²) < 4.78 is 12.2. The van der Waals surface area contributed by atoms with E-state index in [0.29, 0.717) is 20.4 Å². The number of aromatic nitrogens is 1. The average molecular weight is 263 g/mol. The first kappa shape index (κ1) is 11.8. The van der Waals surface area contributed by atoms with Crippen LogP contribution >= 0.6 is 11.6 Å². The molecule has 0 N–H and O–H groups in total. The molecule has 0 aliphatic heterocycles. The zero-order valence-electron chi connectivity index (χ0n) is 8.63. The number of nitrogens with zero attached hydrogens (tertiary/aromatic N) is 2. The molecule has 1 heterocycles. The lowest BCUT2D eigenvalue weighted by Gasteiger charge is -2.03. The minimum Gasteiger partial charge on any atom is -0.263 e. The third-order valence-electron chi connectivity index (χ3n) is 2.13. The van der Waals surface area contributed by atoms with Crippen LogP contribution in [-0.2, 0) is 10.8 Å². The van der Waals surface area contributed by atoms with Gasteiger partial charge < -0.3 is 0 Å². The Hall–Kier alpha value is -1.70. The Balaban J connectivity index is 2.44. The van der Waals surface area contributed by atoms with Crippen LogP contribution < -0.4 is 0 Å². The summed E-state index contributed by atoms with van der Waals surface area (Å²) in [6.07, 6.45) is 2.95. The summed E-state index contributed by atoms with van der Waals surface area (Å²) >= 11 is 5.76. The van der Waals surface area contributed by atoms with Crippen LogP contribution in [0.1, 0.15) is 5.56 Å². The second kappa shape index (κ2) is 5.09. The molecule has 0 spiro atoms. The monoisotopic (exact) mass is 262 g/mol. The van der Waals surface area contributed by atoms with Gasteiger partial charge in [0.1, 0.15) is 6.07 Å². The summed E-state index contributed by atoms with van der Waals surface area (Å²) in [7, 11) is -1.41. The van der Waals surface area contributed by atoms with Gasteiger partial charge in [-0.1, -0.05) is 11.6 Å². The molecular formula is C12H7ClN2OS. The summed E-state index contributed by atoms with van der Waals surface area (Å²) in [6.45, 7) is 0. The van der Waals surface area contributed by atoms with E-state index in [0.717, 1.165) is 0 Å². The molecule has 2 rings (SSSR count). The smallest absolute Gasteiger partial charge is 0.101 e. The summed E-state index contributed by atoms with van der Waals surface area (Å²) in [5.41, 5.74) is 0.369. The minimum absolute atomic E-state index is 0.369. The quantitative estimate of drug-likeness (QED) is 0.836. The summed E-state index contributed by atoms with van der Waals surface area (Å²) in [5, 5.41) is 9.51. The van der Waals surface area contributed by atoms with E-state index in [9.17, 15) is 4.21 Å². The molecule has 0 radical (unpaired) electrons. The lowest BCUT2D eigenvalue weighted by atomic mass is 10.3. The highest BCUT2D eigenvalue weighted by Gasteiger charge is 2.11. The van der Waals surface area contributed by atoms with Gasteiger partial charge in [0.25, 0.3) is 0 Å². The maximum Gasteiger partial charge on any atom is 0.101 e. The van der Waals surface area contributed by atoms with E-state index in [-0.39, 0.29) is 0 Å². The second-order valence-electron chi connectivity index (χ2n) is 3.21. The zero-order valence-corrected chi connectivity index (χ0v) is 10.2. The highest BCUT2D eigenvalue weighted by Crippen LogP contribution is 2.20. The lowest BCUT2D eigenvalue weighted by molar-refractivity contribution is 0.682. The van der Waals surface area contributed by atoms with E-state index in [1.165, 1.54) is 12.4 Å². The van der Waals surface area contributed by atoms with Gasteiger partial charge in [-0.05, 0) is 30.3 Å². The van der Waals surface area contributed by atoms with Crippen molar-refractivity contribution in [3.8, 4) is 6.07 Å². The van der Waals surface area contributed by atoms with Crippen LogP contribution in [-0.4, -0.2) is 9.19 Å². The van der Waals surface area contributed by atoms with Gasteiger partial charge >= 0.3 is 0 Å². The van der Waals surface area contributed by atoms with E-state index < -0.39 is 10.8 Å². The Morgan fingerprint density at radius 3 is 2.59 bits per heavy atom. The number of pyridine rings is 1. The van der Waals surface area contributed by atoms with Crippen LogP contribution in [0.3, 0.4) is 0 Å². The van der Waals surface area contributed by atoms with Crippen molar-refractivity contribution in [1.82, 2.24) is 4.98 Å². The largest absolute Gasteiger partial charge is 0.263 e. The van der Waals surface area contributed by atoms with Crippen molar-refractivity contribution in [3.63, 3.8) is 0 Å². The fraction of sp³-hybridized carbons (Fsp3) is 0. The number of rotatable bonds is 2. The summed E-state index contributed by atoms with van der Waals surface area (Å²) in [6, 6.07) is 10.2. The number of halogens is 1. The van der Waals surface area contributed by atoms with Crippen LogP contribution in [0, 0.1) is 11.3 Å². The normalized spacial score (nSPS) is 11.8. The molecule has 1 atom stereocenters. The highest BCUT2D eigenvalue weighted by molar-refractivity contribution is 7.85. The van der Waals surface area contributed by atoms with Crippen molar-refractivity contribution in [2.45, 2.75) is 9.79 Å². The van der Waals surface area contributed by atoms with Gasteiger partial charge in [0.2, 0.25) is 0 Å². The fourth-order valence-electron chi connectivity index (χ4n) is 1.31. The zero-order chi connectivity index (χ0) is 12.3. The molecule has 5 heteroatoms. The van der Waals surface area contributed by atoms with Crippen LogP contribution in [0.2, 0.25) is 5.02 Å². The molecular weight excluding hydrogens is 256 g/mol. The Kier molecular flexibility index (Phi) is 3.52. The fourth-order valence-corrected chi connectivity index (χ4v) is 2.54. The molecule has 0 fully saturated rings. The Morgan fingerprint density at radius 2 is 1.94 bits per heavy atom. The third-order valence-corrected chi connectivity index (χ3v) is 3.81. The van der Waals surface area contributed by atoms with Crippen molar-refractivity contribution in [3.05, 3.63) is 53.3 Å². The molecule has 1 aromatic heterocycles. The van der Waals surface area contributed by atoms with Gasteiger partial charge in [0.15, 0.2) is 0 Å². The first-order chi connectivity index (χ1) is 8.22. The molecule has 84 valence electrons. The predicted molar refractivity (Wildman–Crippen MR) is 65.1 cm³/mol. The van der Waals surface area contributed by atoms with Gasteiger partial charge in [-0.3, -0.25) is 4.98 Å². The molecule has 17 heavy (non-hydrogen) atoms. The van der Waals surface area contributed by atoms with E-state index in [1.54, 1.807) is 30.3 Å². The van der Waals surface area contributed by atoms with Crippen LogP contribution in [0.25, 0.3) is 0 Å². The molecule has 0 aliphatic rings. The molecule has 0 saturated heterocycles. The molecule has 1 aromatic carbocycles. The van der Waals surface area contributed by atoms with Crippen LogP contribution in [0.15, 0.2) is 52.5 Å². The van der Waals surface area contributed by atoms with Gasteiger partial charge in [-0.25, -0.2) is 4.21 Å². The van der Waals surface area contributed by atoms with Crippen LogP contribution in [0.5, 0.6) is 0 Å². The molecule has 0 aliphatic carbocycles. The number of nitriles is 1. The van der Waals surface area contributed by atoms with Crippen LogP contribution in [0.4, 0.5) is 0 Å². The maximum absolute atomic E-state index is 12.2. The van der Waals surface area contributed by atoms with Crippen molar-refractivity contribution in [2.75, 3.05) is 0 Å². The van der Waals surface area contributed by atoms with E-state index in [4.69, 9.17) is 16.9 Å². The van der Waals surface area contributed by atoms with Crippen molar-refractivity contribution >= 4 is 22.4 Å². The van der Waals surface area contributed by atoms with Gasteiger partial charge in [-0.2, -0.15) is 5.26 Å². The third kappa shape index (κ3) is 2.52. The number of hydrogen-bond donors (Lipinski definition) is 0. The Morgan fingerprint density at radius 1 is 1.24 bits per heavy atom. The average Bonchev–Trinajstić information content (AvgIpc) is 2.39. The Labute approximate surface area is 106 Å². The number of hydrogen-bond acceptors (Lipinski definition) is 3. The van der Waals surface area contributed by atoms with E-state index in [2.05, 4.69) is 4.98 Å². The van der Waals surface area contributed by atoms with Gasteiger partial charge in [0, 0.05) is 22.3 Å². The number of benzene rings is 1. The Bertz CT molecular complexity index is 605. The minimum atomic E-state index is -1.41.